The van der Waals surface area contributed by atoms with Crippen LogP contribution in [0.5, 0.6) is 5.75 Å². The zero-order valence-corrected chi connectivity index (χ0v) is 22.9. The van der Waals surface area contributed by atoms with Crippen LogP contribution in [0.2, 0.25) is 5.02 Å². The zero-order valence-electron chi connectivity index (χ0n) is 22.2. The summed E-state index contributed by atoms with van der Waals surface area (Å²) in [5.41, 5.74) is 1.68. The van der Waals surface area contributed by atoms with E-state index in [1.165, 1.54) is 0 Å². The average Bonchev–Trinajstić information content (AvgIpc) is 2.94. The van der Waals surface area contributed by atoms with Crippen molar-refractivity contribution in [1.29, 1.82) is 0 Å². The highest BCUT2D eigenvalue weighted by atomic mass is 35.5. The number of hydrogen-bond acceptors (Lipinski definition) is 6. The third kappa shape index (κ3) is 6.36. The molecule has 1 aliphatic heterocycles. The minimum absolute atomic E-state index is 0.0749. The quantitative estimate of drug-likeness (QED) is 0.380. The molecule has 0 radical (unpaired) electrons. The van der Waals surface area contributed by atoms with Crippen molar-refractivity contribution >= 4 is 28.4 Å². The number of halogens is 1. The van der Waals surface area contributed by atoms with Crippen molar-refractivity contribution in [2.75, 3.05) is 13.2 Å². The molecule has 39 heavy (non-hydrogen) atoms. The lowest BCUT2D eigenvalue weighted by molar-refractivity contribution is 0.0126. The second-order valence-electron chi connectivity index (χ2n) is 10.8. The van der Waals surface area contributed by atoms with Crippen LogP contribution in [0.1, 0.15) is 72.6 Å². The van der Waals surface area contributed by atoms with Gasteiger partial charge < -0.3 is 20.3 Å². The molecule has 1 saturated carbocycles. The van der Waals surface area contributed by atoms with E-state index in [9.17, 15) is 15.0 Å². The Labute approximate surface area is 233 Å². The second-order valence-corrected chi connectivity index (χ2v) is 11.3. The molecule has 8 heteroatoms. The van der Waals surface area contributed by atoms with E-state index in [2.05, 4.69) is 27.4 Å². The van der Waals surface area contributed by atoms with Gasteiger partial charge in [0.25, 0.3) is 5.91 Å². The van der Waals surface area contributed by atoms with Crippen molar-refractivity contribution in [3.05, 3.63) is 63.8 Å². The maximum absolute atomic E-state index is 13.0. The molecule has 2 aromatic carbocycles. The molecule has 1 amide bonds. The number of nitrogens with one attached hydrogen (secondary N) is 1. The maximum Gasteiger partial charge on any atom is 0.275 e. The highest BCUT2D eigenvalue weighted by Gasteiger charge is 2.34. The SMILES string of the molecule is CC1CCCCC1(O)C#Cc1cc(CC2CCOCC2)cc2c(O)c(C(=O)NCc3ccc(Cl)cc3)nnc12. The van der Waals surface area contributed by atoms with Crippen LogP contribution in [-0.4, -0.2) is 45.1 Å². The van der Waals surface area contributed by atoms with Crippen LogP contribution in [0.4, 0.5) is 0 Å². The predicted molar refractivity (Wildman–Crippen MR) is 151 cm³/mol. The lowest BCUT2D eigenvalue weighted by atomic mass is 9.77. The third-order valence-corrected chi connectivity index (χ3v) is 8.27. The van der Waals surface area contributed by atoms with Crippen molar-refractivity contribution in [3.63, 3.8) is 0 Å². The topological polar surface area (TPSA) is 105 Å². The van der Waals surface area contributed by atoms with Crippen molar-refractivity contribution in [2.24, 2.45) is 11.8 Å². The number of aromatic hydroxyl groups is 1. The molecule has 2 heterocycles. The van der Waals surface area contributed by atoms with E-state index < -0.39 is 11.5 Å². The smallest absolute Gasteiger partial charge is 0.275 e. The van der Waals surface area contributed by atoms with Crippen LogP contribution in [0.15, 0.2) is 36.4 Å². The molecule has 3 N–H and O–H groups in total. The van der Waals surface area contributed by atoms with Gasteiger partial charge in [-0.15, -0.1) is 10.2 Å². The molecule has 7 nitrogen and oxygen atoms in total. The fourth-order valence-corrected chi connectivity index (χ4v) is 5.59. The van der Waals surface area contributed by atoms with Gasteiger partial charge in [0.1, 0.15) is 11.1 Å². The second kappa shape index (κ2) is 11.9. The first-order valence-electron chi connectivity index (χ1n) is 13.7. The van der Waals surface area contributed by atoms with E-state index in [1.54, 1.807) is 12.1 Å². The summed E-state index contributed by atoms with van der Waals surface area (Å²) in [4.78, 5) is 13.0. The van der Waals surface area contributed by atoms with Crippen molar-refractivity contribution in [1.82, 2.24) is 15.5 Å². The van der Waals surface area contributed by atoms with Gasteiger partial charge in [-0.05, 0) is 85.8 Å². The number of aliphatic hydroxyl groups is 1. The molecule has 204 valence electrons. The molecule has 0 bridgehead atoms. The lowest BCUT2D eigenvalue weighted by Gasteiger charge is -2.33. The minimum Gasteiger partial charge on any atom is -0.505 e. The highest BCUT2D eigenvalue weighted by Crippen LogP contribution is 2.34. The fraction of sp³-hybridized carbons (Fsp3) is 0.452. The van der Waals surface area contributed by atoms with E-state index in [4.69, 9.17) is 16.3 Å². The molecule has 2 fully saturated rings. The number of carbonyl (C=O) groups excluding carboxylic acids is 1. The van der Waals surface area contributed by atoms with Gasteiger partial charge in [-0.25, -0.2) is 0 Å². The monoisotopic (exact) mass is 547 g/mol. The number of rotatable bonds is 5. The summed E-state index contributed by atoms with van der Waals surface area (Å²) in [7, 11) is 0. The molecule has 1 aromatic heterocycles. The Morgan fingerprint density at radius 1 is 1.13 bits per heavy atom. The van der Waals surface area contributed by atoms with Crippen LogP contribution in [-0.2, 0) is 17.7 Å². The van der Waals surface area contributed by atoms with Crippen molar-refractivity contribution < 1.29 is 19.7 Å². The molecule has 0 spiro atoms. The van der Waals surface area contributed by atoms with Gasteiger partial charge in [0, 0.05) is 30.2 Å². The van der Waals surface area contributed by atoms with Gasteiger partial charge in [0.05, 0.1) is 5.56 Å². The molecular weight excluding hydrogens is 514 g/mol. The summed E-state index contributed by atoms with van der Waals surface area (Å²) in [5, 5.41) is 34.7. The largest absolute Gasteiger partial charge is 0.505 e. The van der Waals surface area contributed by atoms with Gasteiger partial charge in [-0.2, -0.15) is 0 Å². The first kappa shape index (κ1) is 27.4. The van der Waals surface area contributed by atoms with Crippen molar-refractivity contribution in [2.45, 2.75) is 64.0 Å². The third-order valence-electron chi connectivity index (χ3n) is 8.02. The summed E-state index contributed by atoms with van der Waals surface area (Å²) in [6.07, 6.45) is 6.34. The van der Waals surface area contributed by atoms with Gasteiger partial charge in [-0.3, -0.25) is 4.79 Å². The number of nitrogens with zero attached hydrogens (tertiary/aromatic N) is 2. The van der Waals surface area contributed by atoms with E-state index >= 15 is 0 Å². The van der Waals surface area contributed by atoms with Gasteiger partial charge in [0.2, 0.25) is 0 Å². The zero-order chi connectivity index (χ0) is 27.4. The first-order chi connectivity index (χ1) is 18.8. The fourth-order valence-electron chi connectivity index (χ4n) is 5.47. The number of ether oxygens (including phenoxy) is 1. The Morgan fingerprint density at radius 3 is 2.64 bits per heavy atom. The number of fused-ring (bicyclic) bond motifs is 1. The average molecular weight is 548 g/mol. The van der Waals surface area contributed by atoms with Crippen LogP contribution in [0.25, 0.3) is 10.9 Å². The minimum atomic E-state index is -1.06. The molecule has 2 aliphatic rings. The van der Waals surface area contributed by atoms with Crippen LogP contribution < -0.4 is 5.32 Å². The standard InChI is InChI=1S/C31H34ClN3O4/c1-20-4-2-3-12-31(20,38)13-9-24-17-23(16-21-10-14-39-15-11-21)18-26-27(24)34-35-28(29(26)36)30(37)33-19-22-5-7-25(32)8-6-22/h5-8,17-18,20-21,38H,2-4,10-12,14-16,19H2,1H3,(H,33,37)(H,34,36). The van der Waals surface area contributed by atoms with Crippen molar-refractivity contribution in [3.8, 4) is 17.6 Å². The number of carbonyl (C=O) groups is 1. The summed E-state index contributed by atoms with van der Waals surface area (Å²) in [6.45, 7) is 3.77. The Morgan fingerprint density at radius 2 is 1.90 bits per heavy atom. The van der Waals surface area contributed by atoms with Gasteiger partial charge >= 0.3 is 0 Å². The number of benzene rings is 2. The van der Waals surface area contributed by atoms with E-state index in [0.717, 1.165) is 62.9 Å². The Bertz CT molecular complexity index is 1410. The van der Waals surface area contributed by atoms with Gasteiger partial charge in [-0.1, -0.05) is 48.9 Å². The van der Waals surface area contributed by atoms with E-state index in [0.29, 0.717) is 33.8 Å². The van der Waals surface area contributed by atoms with Crippen LogP contribution in [0.3, 0.4) is 0 Å². The molecule has 1 saturated heterocycles. The molecule has 1 aliphatic carbocycles. The van der Waals surface area contributed by atoms with Gasteiger partial charge in [0.15, 0.2) is 11.4 Å². The summed E-state index contributed by atoms with van der Waals surface area (Å²) in [5.74, 6) is 6.10. The lowest BCUT2D eigenvalue weighted by Crippen LogP contribution is -2.37. The number of hydrogen-bond donors (Lipinski definition) is 3. The Kier molecular flexibility index (Phi) is 8.37. The molecule has 2 unspecified atom stereocenters. The van der Waals surface area contributed by atoms with E-state index in [-0.39, 0.29) is 23.9 Å². The molecular formula is C31H34ClN3O4. The molecule has 2 atom stereocenters. The maximum atomic E-state index is 13.0. The molecule has 3 aromatic rings. The normalized spacial score (nSPS) is 21.8. The first-order valence-corrected chi connectivity index (χ1v) is 14.1. The highest BCUT2D eigenvalue weighted by molar-refractivity contribution is 6.30. The molecule has 5 rings (SSSR count). The summed E-state index contributed by atoms with van der Waals surface area (Å²) >= 11 is 5.95. The summed E-state index contributed by atoms with van der Waals surface area (Å²) < 4.78 is 5.52. The Balaban J connectivity index is 1.49. The number of amides is 1. The summed E-state index contributed by atoms with van der Waals surface area (Å²) in [6, 6.07) is 11.0. The van der Waals surface area contributed by atoms with Crippen LogP contribution in [0, 0.1) is 23.7 Å². The predicted octanol–water partition coefficient (Wildman–Crippen LogP) is 5.18. The van der Waals surface area contributed by atoms with Crippen LogP contribution >= 0.6 is 11.6 Å². The van der Waals surface area contributed by atoms with E-state index in [1.807, 2.05) is 31.2 Å². The Hall–Kier alpha value is -3.18. The number of aromatic nitrogens is 2.